The minimum atomic E-state index is -3.01. The van der Waals surface area contributed by atoms with Gasteiger partial charge < -0.3 is 19.4 Å². The van der Waals surface area contributed by atoms with Crippen molar-refractivity contribution in [3.05, 3.63) is 64.2 Å². The van der Waals surface area contributed by atoms with Crippen LogP contribution in [0.25, 0.3) is 10.9 Å². The molecule has 158 valence electrons. The van der Waals surface area contributed by atoms with Crippen LogP contribution in [0.1, 0.15) is 30.0 Å². The zero-order chi connectivity index (χ0) is 21.8. The van der Waals surface area contributed by atoms with Gasteiger partial charge in [0.25, 0.3) is 11.5 Å². The van der Waals surface area contributed by atoms with Crippen molar-refractivity contribution in [2.45, 2.75) is 33.0 Å². The Morgan fingerprint density at radius 1 is 1.17 bits per heavy atom. The highest BCUT2D eigenvalue weighted by Gasteiger charge is 2.22. The molecule has 0 fully saturated rings. The van der Waals surface area contributed by atoms with Gasteiger partial charge in [0.05, 0.1) is 24.6 Å². The maximum absolute atomic E-state index is 13.1. The van der Waals surface area contributed by atoms with Gasteiger partial charge in [-0.25, -0.2) is 4.98 Å². The third-order valence-electron chi connectivity index (χ3n) is 4.49. The number of carbonyl (C=O) groups excluding carboxylic acids is 1. The number of ether oxygens (including phenoxy) is 2. The van der Waals surface area contributed by atoms with E-state index in [-0.39, 0.29) is 41.1 Å². The number of aromatic nitrogens is 2. The summed E-state index contributed by atoms with van der Waals surface area (Å²) in [5, 5.41) is 0.461. The Balaban J connectivity index is 1.91. The van der Waals surface area contributed by atoms with Crippen molar-refractivity contribution in [1.82, 2.24) is 14.9 Å². The number of alkyl halides is 2. The van der Waals surface area contributed by atoms with Crippen molar-refractivity contribution >= 4 is 16.8 Å². The van der Waals surface area contributed by atoms with E-state index in [2.05, 4.69) is 14.7 Å². The Morgan fingerprint density at radius 3 is 2.57 bits per heavy atom. The van der Waals surface area contributed by atoms with Crippen molar-refractivity contribution in [2.24, 2.45) is 0 Å². The van der Waals surface area contributed by atoms with Gasteiger partial charge in [-0.05, 0) is 44.2 Å². The molecule has 0 spiro atoms. The van der Waals surface area contributed by atoms with Crippen LogP contribution >= 0.6 is 0 Å². The summed E-state index contributed by atoms with van der Waals surface area (Å²) < 4.78 is 34.5. The second-order valence-corrected chi connectivity index (χ2v) is 6.80. The standard InChI is InChI=1S/C21H21F2N3O4/c1-12(2)26(11-18-24-15-7-5-4-6-14(15)19(27)25-18)20(28)13-8-9-16(30-21(22)23)17(10-13)29-3/h4-10,12,21H,11H2,1-3H3,(H,24,25,27). The predicted molar refractivity (Wildman–Crippen MR) is 107 cm³/mol. The molecule has 1 amide bonds. The van der Waals surface area contributed by atoms with Crippen molar-refractivity contribution in [1.29, 1.82) is 0 Å². The Hall–Kier alpha value is -3.49. The molecular weight excluding hydrogens is 396 g/mol. The topological polar surface area (TPSA) is 84.5 Å². The van der Waals surface area contributed by atoms with Crippen LogP contribution in [0.3, 0.4) is 0 Å². The number of methoxy groups -OCH3 is 1. The van der Waals surface area contributed by atoms with Gasteiger partial charge in [0.2, 0.25) is 0 Å². The van der Waals surface area contributed by atoms with E-state index in [1.54, 1.807) is 24.3 Å². The van der Waals surface area contributed by atoms with Crippen molar-refractivity contribution in [3.8, 4) is 11.5 Å². The monoisotopic (exact) mass is 417 g/mol. The number of carbonyl (C=O) groups is 1. The van der Waals surface area contributed by atoms with Crippen LogP contribution in [-0.2, 0) is 6.54 Å². The first-order valence-corrected chi connectivity index (χ1v) is 9.22. The van der Waals surface area contributed by atoms with Gasteiger partial charge in [0, 0.05) is 11.6 Å². The van der Waals surface area contributed by atoms with Gasteiger partial charge >= 0.3 is 6.61 Å². The Labute approximate surface area is 171 Å². The average Bonchev–Trinajstić information content (AvgIpc) is 2.71. The molecular formula is C21H21F2N3O4. The zero-order valence-electron chi connectivity index (χ0n) is 16.7. The van der Waals surface area contributed by atoms with Gasteiger partial charge in [-0.3, -0.25) is 9.59 Å². The molecule has 2 aromatic carbocycles. The summed E-state index contributed by atoms with van der Waals surface area (Å²) in [5.74, 6) is -0.184. The van der Waals surface area contributed by atoms with Gasteiger partial charge in [-0.1, -0.05) is 12.1 Å². The number of nitrogens with one attached hydrogen (secondary N) is 1. The molecule has 0 saturated carbocycles. The highest BCUT2D eigenvalue weighted by Crippen LogP contribution is 2.30. The summed E-state index contributed by atoms with van der Waals surface area (Å²) in [6, 6.07) is 10.7. The summed E-state index contributed by atoms with van der Waals surface area (Å²) in [4.78, 5) is 34.1. The molecule has 0 atom stereocenters. The lowest BCUT2D eigenvalue weighted by atomic mass is 10.1. The highest BCUT2D eigenvalue weighted by molar-refractivity contribution is 5.95. The molecule has 1 aromatic heterocycles. The van der Waals surface area contributed by atoms with Crippen LogP contribution in [-0.4, -0.2) is 40.5 Å². The maximum Gasteiger partial charge on any atom is 0.387 e. The number of para-hydroxylation sites is 1. The average molecular weight is 417 g/mol. The molecule has 0 aliphatic heterocycles. The molecule has 0 aliphatic carbocycles. The fourth-order valence-electron chi connectivity index (χ4n) is 3.02. The first-order valence-electron chi connectivity index (χ1n) is 9.22. The molecule has 9 heteroatoms. The SMILES string of the molecule is COc1cc(C(=O)N(Cc2nc3ccccc3c(=O)[nH]2)C(C)C)ccc1OC(F)F. The molecule has 7 nitrogen and oxygen atoms in total. The third kappa shape index (κ3) is 4.56. The summed E-state index contributed by atoms with van der Waals surface area (Å²) in [6.45, 7) is 0.697. The Kier molecular flexibility index (Phi) is 6.29. The minimum Gasteiger partial charge on any atom is -0.493 e. The zero-order valence-corrected chi connectivity index (χ0v) is 16.7. The number of amides is 1. The number of benzene rings is 2. The van der Waals surface area contributed by atoms with E-state index in [1.807, 2.05) is 13.8 Å². The van der Waals surface area contributed by atoms with Gasteiger partial charge in [-0.2, -0.15) is 8.78 Å². The molecule has 0 saturated heterocycles. The molecule has 3 rings (SSSR count). The van der Waals surface area contributed by atoms with Crippen molar-refractivity contribution < 1.29 is 23.0 Å². The lowest BCUT2D eigenvalue weighted by Crippen LogP contribution is -2.37. The van der Waals surface area contributed by atoms with E-state index in [1.165, 1.54) is 30.2 Å². The van der Waals surface area contributed by atoms with Gasteiger partial charge in [-0.15, -0.1) is 0 Å². The fourth-order valence-corrected chi connectivity index (χ4v) is 3.02. The number of aromatic amines is 1. The molecule has 0 aliphatic rings. The first kappa shape index (κ1) is 21.2. The van der Waals surface area contributed by atoms with E-state index >= 15 is 0 Å². The molecule has 1 N–H and O–H groups in total. The second kappa shape index (κ2) is 8.89. The number of nitrogens with zero attached hydrogens (tertiary/aromatic N) is 2. The summed E-state index contributed by atoms with van der Waals surface area (Å²) >= 11 is 0. The van der Waals surface area contributed by atoms with E-state index < -0.39 is 6.61 Å². The number of rotatable bonds is 7. The molecule has 0 unspecified atom stereocenters. The fraction of sp³-hybridized carbons (Fsp3) is 0.286. The van der Waals surface area contributed by atoms with Crippen molar-refractivity contribution in [2.75, 3.05) is 7.11 Å². The Bertz CT molecular complexity index is 1110. The predicted octanol–water partition coefficient (Wildman–Crippen LogP) is 3.58. The van der Waals surface area contributed by atoms with Crippen LogP contribution in [0.4, 0.5) is 8.78 Å². The summed E-state index contributed by atoms with van der Waals surface area (Å²) in [6.07, 6.45) is 0. The largest absolute Gasteiger partial charge is 0.493 e. The second-order valence-electron chi connectivity index (χ2n) is 6.80. The number of fused-ring (bicyclic) bond motifs is 1. The normalized spacial score (nSPS) is 11.2. The van der Waals surface area contributed by atoms with E-state index in [0.717, 1.165) is 0 Å². The molecule has 1 heterocycles. The number of hydrogen-bond donors (Lipinski definition) is 1. The van der Waals surface area contributed by atoms with Crippen LogP contribution in [0.15, 0.2) is 47.3 Å². The lowest BCUT2D eigenvalue weighted by molar-refractivity contribution is -0.0512. The van der Waals surface area contributed by atoms with Gasteiger partial charge in [0.1, 0.15) is 5.82 Å². The van der Waals surface area contributed by atoms with Crippen LogP contribution in [0.5, 0.6) is 11.5 Å². The van der Waals surface area contributed by atoms with Crippen LogP contribution in [0, 0.1) is 0 Å². The third-order valence-corrected chi connectivity index (χ3v) is 4.49. The number of H-pyrrole nitrogens is 1. The molecule has 0 bridgehead atoms. The number of hydrogen-bond acceptors (Lipinski definition) is 5. The van der Waals surface area contributed by atoms with E-state index in [0.29, 0.717) is 16.7 Å². The summed E-state index contributed by atoms with van der Waals surface area (Å²) in [5.41, 5.74) is 0.467. The van der Waals surface area contributed by atoms with Crippen LogP contribution < -0.4 is 15.0 Å². The minimum absolute atomic E-state index is 0.0158. The quantitative estimate of drug-likeness (QED) is 0.635. The van der Waals surface area contributed by atoms with E-state index in [4.69, 9.17) is 4.74 Å². The summed E-state index contributed by atoms with van der Waals surface area (Å²) in [7, 11) is 1.30. The smallest absolute Gasteiger partial charge is 0.387 e. The van der Waals surface area contributed by atoms with Crippen LogP contribution in [0.2, 0.25) is 0 Å². The van der Waals surface area contributed by atoms with E-state index in [9.17, 15) is 18.4 Å². The Morgan fingerprint density at radius 2 is 1.90 bits per heavy atom. The maximum atomic E-state index is 13.1. The molecule has 30 heavy (non-hydrogen) atoms. The number of halogens is 2. The highest BCUT2D eigenvalue weighted by atomic mass is 19.3. The lowest BCUT2D eigenvalue weighted by Gasteiger charge is -2.26. The molecule has 0 radical (unpaired) electrons. The first-order chi connectivity index (χ1) is 14.3. The van der Waals surface area contributed by atoms with Crippen molar-refractivity contribution in [3.63, 3.8) is 0 Å². The van der Waals surface area contributed by atoms with Gasteiger partial charge in [0.15, 0.2) is 11.5 Å². The molecule has 3 aromatic rings.